The number of phenols is 3. The van der Waals surface area contributed by atoms with Crippen LogP contribution in [-0.2, 0) is 4.79 Å². The number of rotatable bonds is 4. The summed E-state index contributed by atoms with van der Waals surface area (Å²) in [5.74, 6) is -2.86. The predicted octanol–water partition coefficient (Wildman–Crippen LogP) is 3.89. The minimum absolute atomic E-state index is 0.0649. The number of phenolic OH excluding ortho intramolecular Hbond substituents is 3. The van der Waals surface area contributed by atoms with Crippen LogP contribution in [0.2, 0.25) is 0 Å². The zero-order valence-corrected chi connectivity index (χ0v) is 16.9. The van der Waals surface area contributed by atoms with Gasteiger partial charge in [0.2, 0.25) is 16.9 Å². The van der Waals surface area contributed by atoms with Gasteiger partial charge in [-0.15, -0.1) is 0 Å². The Hall–Kier alpha value is -3.48. The molecular formula is C24H22O7. The summed E-state index contributed by atoms with van der Waals surface area (Å²) < 4.78 is 5.70. The maximum atomic E-state index is 12.2. The van der Waals surface area contributed by atoms with E-state index in [4.69, 9.17) is 4.42 Å². The Morgan fingerprint density at radius 3 is 2.45 bits per heavy atom. The molecule has 7 heteroatoms. The number of carboxylic acids is 1. The van der Waals surface area contributed by atoms with Gasteiger partial charge in [-0.05, 0) is 53.5 Å². The van der Waals surface area contributed by atoms with Gasteiger partial charge < -0.3 is 24.8 Å². The van der Waals surface area contributed by atoms with Gasteiger partial charge in [-0.3, -0.25) is 9.59 Å². The van der Waals surface area contributed by atoms with Crippen LogP contribution in [0.5, 0.6) is 17.2 Å². The van der Waals surface area contributed by atoms with Crippen molar-refractivity contribution in [1.82, 2.24) is 0 Å². The van der Waals surface area contributed by atoms with Crippen molar-refractivity contribution in [1.29, 1.82) is 0 Å². The fraction of sp³-hybridized carbons (Fsp3) is 0.333. The minimum atomic E-state index is -0.968. The van der Waals surface area contributed by atoms with Gasteiger partial charge in [0.05, 0.1) is 5.92 Å². The normalized spacial score (nSPS) is 26.1. The smallest absolute Gasteiger partial charge is 0.306 e. The van der Waals surface area contributed by atoms with Crippen LogP contribution in [0.25, 0.3) is 22.3 Å². The SMILES string of the molecule is CC(C(=O)O)C(c1c2ccc(=O)c(O)c-2oc2c(O)c(O)ccc12)C1C=CC2C(C)C21. The Kier molecular flexibility index (Phi) is 4.09. The van der Waals surface area contributed by atoms with E-state index in [1.807, 2.05) is 0 Å². The fourth-order valence-electron chi connectivity index (χ4n) is 5.46. The van der Waals surface area contributed by atoms with E-state index in [1.54, 1.807) is 13.0 Å². The molecule has 1 fully saturated rings. The highest BCUT2D eigenvalue weighted by Crippen LogP contribution is 2.62. The van der Waals surface area contributed by atoms with Crippen LogP contribution >= 0.6 is 0 Å². The van der Waals surface area contributed by atoms with Crippen LogP contribution in [0.15, 0.2) is 45.6 Å². The van der Waals surface area contributed by atoms with Crippen LogP contribution < -0.4 is 5.43 Å². The molecule has 1 heterocycles. The summed E-state index contributed by atoms with van der Waals surface area (Å²) in [7, 11) is 0. The van der Waals surface area contributed by atoms with Crippen molar-refractivity contribution in [3.8, 4) is 28.6 Å². The molecule has 6 atom stereocenters. The number of carbonyl (C=O) groups is 1. The molecule has 7 nitrogen and oxygen atoms in total. The number of aliphatic carboxylic acids is 1. The first-order valence-corrected chi connectivity index (χ1v) is 10.3. The Morgan fingerprint density at radius 2 is 1.81 bits per heavy atom. The molecule has 0 spiro atoms. The highest BCUT2D eigenvalue weighted by molar-refractivity contribution is 5.95. The molecule has 1 saturated carbocycles. The third-order valence-electron chi connectivity index (χ3n) is 7.18. The van der Waals surface area contributed by atoms with Crippen molar-refractivity contribution in [2.45, 2.75) is 19.8 Å². The predicted molar refractivity (Wildman–Crippen MR) is 112 cm³/mol. The molecule has 160 valence electrons. The third-order valence-corrected chi connectivity index (χ3v) is 7.18. The van der Waals surface area contributed by atoms with Crippen molar-refractivity contribution in [2.75, 3.05) is 0 Å². The van der Waals surface area contributed by atoms with Crippen LogP contribution in [-0.4, -0.2) is 26.4 Å². The molecule has 0 aromatic heterocycles. The van der Waals surface area contributed by atoms with Gasteiger partial charge >= 0.3 is 5.97 Å². The lowest BCUT2D eigenvalue weighted by atomic mass is 9.72. The lowest BCUT2D eigenvalue weighted by Crippen LogP contribution is -2.27. The molecule has 0 radical (unpaired) electrons. The minimum Gasteiger partial charge on any atom is -0.504 e. The van der Waals surface area contributed by atoms with Crippen LogP contribution in [0.4, 0.5) is 0 Å². The molecule has 0 bridgehead atoms. The third kappa shape index (κ3) is 2.65. The van der Waals surface area contributed by atoms with E-state index < -0.39 is 40.5 Å². The molecule has 31 heavy (non-hydrogen) atoms. The summed E-state index contributed by atoms with van der Waals surface area (Å²) in [6, 6.07) is 5.63. The maximum Gasteiger partial charge on any atom is 0.306 e. The topological polar surface area (TPSA) is 128 Å². The number of fused-ring (bicyclic) bond motifs is 3. The molecule has 0 saturated heterocycles. The summed E-state index contributed by atoms with van der Waals surface area (Å²) >= 11 is 0. The lowest BCUT2D eigenvalue weighted by molar-refractivity contribution is -0.142. The van der Waals surface area contributed by atoms with E-state index in [-0.39, 0.29) is 17.3 Å². The van der Waals surface area contributed by atoms with Crippen LogP contribution in [0, 0.1) is 29.6 Å². The van der Waals surface area contributed by atoms with E-state index >= 15 is 0 Å². The molecule has 6 unspecified atom stereocenters. The monoisotopic (exact) mass is 422 g/mol. The van der Waals surface area contributed by atoms with E-state index in [0.29, 0.717) is 34.3 Å². The number of carboxylic acid groups (broad SMARTS) is 1. The standard InChI is InChI=1S/C24H22O7/c1-9-11-3-4-12(17(9)11)18(10(2)24(29)30)19-13-5-7-15(25)20(27)22(13)31-23-14(19)6-8-16(26)21(23)28/h3-12,17-18,25,27-28H,1-2H3,(H,29,30). The lowest BCUT2D eigenvalue weighted by Gasteiger charge is -2.31. The second-order valence-corrected chi connectivity index (χ2v) is 8.74. The first-order valence-electron chi connectivity index (χ1n) is 10.3. The maximum absolute atomic E-state index is 12.2. The Balaban J connectivity index is 1.88. The molecule has 4 aliphatic rings. The summed E-state index contributed by atoms with van der Waals surface area (Å²) in [6.07, 6.45) is 4.19. The molecule has 5 rings (SSSR count). The van der Waals surface area contributed by atoms with Gasteiger partial charge in [0, 0.05) is 16.9 Å². The van der Waals surface area contributed by atoms with E-state index in [1.165, 1.54) is 18.2 Å². The van der Waals surface area contributed by atoms with Crippen molar-refractivity contribution in [3.63, 3.8) is 0 Å². The first-order chi connectivity index (χ1) is 14.7. The summed E-state index contributed by atoms with van der Waals surface area (Å²) in [5.41, 5.74) is 0.234. The Morgan fingerprint density at radius 1 is 1.06 bits per heavy atom. The summed E-state index contributed by atoms with van der Waals surface area (Å²) in [4.78, 5) is 24.2. The Bertz CT molecular complexity index is 1290. The highest BCUT2D eigenvalue weighted by Gasteiger charge is 2.56. The highest BCUT2D eigenvalue weighted by atomic mass is 16.4. The fourth-order valence-corrected chi connectivity index (χ4v) is 5.46. The number of aromatic hydroxyl groups is 3. The molecule has 1 aliphatic heterocycles. The quantitative estimate of drug-likeness (QED) is 0.285. The summed E-state index contributed by atoms with van der Waals surface area (Å²) in [5, 5.41) is 41.3. The number of hydrogen-bond acceptors (Lipinski definition) is 6. The van der Waals surface area contributed by atoms with Gasteiger partial charge in [-0.2, -0.15) is 0 Å². The van der Waals surface area contributed by atoms with E-state index in [0.717, 1.165) is 0 Å². The van der Waals surface area contributed by atoms with E-state index in [9.17, 15) is 30.0 Å². The molecule has 3 aliphatic carbocycles. The second-order valence-electron chi connectivity index (χ2n) is 8.74. The van der Waals surface area contributed by atoms with Gasteiger partial charge in [0.25, 0.3) is 0 Å². The first kappa shape index (κ1) is 19.5. The zero-order valence-electron chi connectivity index (χ0n) is 16.9. The average molecular weight is 422 g/mol. The summed E-state index contributed by atoms with van der Waals surface area (Å²) in [6.45, 7) is 3.79. The van der Waals surface area contributed by atoms with Crippen molar-refractivity contribution >= 4 is 16.9 Å². The van der Waals surface area contributed by atoms with Crippen molar-refractivity contribution < 1.29 is 29.6 Å². The number of hydrogen-bond donors (Lipinski definition) is 4. The van der Waals surface area contributed by atoms with Crippen molar-refractivity contribution in [3.05, 3.63) is 52.2 Å². The van der Waals surface area contributed by atoms with Crippen LogP contribution in [0.3, 0.4) is 0 Å². The van der Waals surface area contributed by atoms with Crippen molar-refractivity contribution in [2.24, 2.45) is 29.6 Å². The van der Waals surface area contributed by atoms with Gasteiger partial charge in [0.1, 0.15) is 0 Å². The zero-order chi connectivity index (χ0) is 22.2. The molecule has 4 N–H and O–H groups in total. The molecule has 0 amide bonds. The number of benzene rings is 2. The van der Waals surface area contributed by atoms with Gasteiger partial charge in [0.15, 0.2) is 17.1 Å². The van der Waals surface area contributed by atoms with Gasteiger partial charge in [-0.25, -0.2) is 0 Å². The Labute approximate surface area is 177 Å². The molecular weight excluding hydrogens is 400 g/mol. The van der Waals surface area contributed by atoms with Crippen LogP contribution in [0.1, 0.15) is 25.3 Å². The largest absolute Gasteiger partial charge is 0.504 e. The molecule has 1 aromatic rings. The average Bonchev–Trinajstić information content (AvgIpc) is 3.16. The second kappa shape index (κ2) is 6.51. The van der Waals surface area contributed by atoms with Gasteiger partial charge in [-0.1, -0.05) is 26.0 Å². The van der Waals surface area contributed by atoms with E-state index in [2.05, 4.69) is 19.1 Å². The number of allylic oxidation sites excluding steroid dienone is 2. The molecule has 1 aromatic carbocycles.